The van der Waals surface area contributed by atoms with E-state index in [1.54, 1.807) is 0 Å². The molecule has 1 rings (SSSR count). The van der Waals surface area contributed by atoms with Crippen LogP contribution in [0.25, 0.3) is 0 Å². The van der Waals surface area contributed by atoms with Crippen LogP contribution in [-0.4, -0.2) is 18.2 Å². The summed E-state index contributed by atoms with van der Waals surface area (Å²) in [6, 6.07) is 5.96. The molecule has 0 aromatic heterocycles. The maximum absolute atomic E-state index is 11.5. The maximum Gasteiger partial charge on any atom is 1.00 e. The molecular weight excluding hydrogens is 493 g/mol. The molecule has 0 amide bonds. The summed E-state index contributed by atoms with van der Waals surface area (Å²) in [6.07, 6.45) is 0.988. The second kappa shape index (κ2) is 10.6. The minimum atomic E-state index is -0.473. The molecule has 108 valence electrons. The number of rotatable bonds is 4. The van der Waals surface area contributed by atoms with Gasteiger partial charge in [0.05, 0.1) is 3.57 Å². The Labute approximate surface area is 174 Å². The van der Waals surface area contributed by atoms with Crippen LogP contribution in [0.5, 0.6) is 5.75 Å². The van der Waals surface area contributed by atoms with Crippen LogP contribution in [-0.2, 0) is 16.0 Å². The number of hydrogen-bond acceptors (Lipinski definition) is 3. The molecule has 0 aliphatic heterocycles. The molecule has 6 heteroatoms. The summed E-state index contributed by atoms with van der Waals surface area (Å²) in [7, 11) is 0. The van der Waals surface area contributed by atoms with Crippen molar-refractivity contribution in [2.45, 2.75) is 39.7 Å². The van der Waals surface area contributed by atoms with Crippen LogP contribution >= 0.6 is 22.6 Å². The summed E-state index contributed by atoms with van der Waals surface area (Å²) < 4.78 is 11.6. The van der Waals surface area contributed by atoms with Gasteiger partial charge >= 0.3 is 35.5 Å². The van der Waals surface area contributed by atoms with E-state index in [0.717, 1.165) is 15.7 Å². The molecule has 0 N–H and O–H groups in total. The largest absolute Gasteiger partial charge is 1.00 e. The average molecular weight is 512 g/mol. The summed E-state index contributed by atoms with van der Waals surface area (Å²) in [6.45, 7) is 7.56. The van der Waals surface area contributed by atoms with E-state index in [1.165, 1.54) is 5.56 Å². The molecule has 1 aromatic carbocycles. The number of aryl methyl sites for hydroxylation is 1. The van der Waals surface area contributed by atoms with E-state index in [4.69, 9.17) is 9.47 Å². The van der Waals surface area contributed by atoms with Gasteiger partial charge in [-0.05, 0) is 67.5 Å². The van der Waals surface area contributed by atoms with E-state index < -0.39 is 5.60 Å². The van der Waals surface area contributed by atoms with Crippen molar-refractivity contribution in [1.82, 2.24) is 0 Å². The van der Waals surface area contributed by atoms with Crippen LogP contribution in [0.15, 0.2) is 18.2 Å². The number of carbonyl (C=O) groups excluding carboxylic acids is 1. The van der Waals surface area contributed by atoms with E-state index in [-0.39, 0.29) is 66.1 Å². The van der Waals surface area contributed by atoms with Crippen molar-refractivity contribution < 1.29 is 67.8 Å². The first-order valence-electron chi connectivity index (χ1n) is 5.95. The molecule has 0 heterocycles. The van der Waals surface area contributed by atoms with Gasteiger partial charge in [-0.1, -0.05) is 13.0 Å². The van der Waals surface area contributed by atoms with Gasteiger partial charge in [0.15, 0.2) is 6.61 Å². The SMILES string of the molecule is CCc1ccc(OCC(=O)OC(C)(C)C)c(I)c1.[I-].[Na+]. The third kappa shape index (κ3) is 9.07. The van der Waals surface area contributed by atoms with Crippen LogP contribution in [0.3, 0.4) is 0 Å². The zero-order valence-electron chi connectivity index (χ0n) is 12.6. The molecule has 0 spiro atoms. The van der Waals surface area contributed by atoms with E-state index in [9.17, 15) is 4.79 Å². The van der Waals surface area contributed by atoms with Crippen LogP contribution in [0.1, 0.15) is 33.3 Å². The Morgan fingerprint density at radius 1 is 1.30 bits per heavy atom. The van der Waals surface area contributed by atoms with Crippen LogP contribution in [0, 0.1) is 3.57 Å². The first kappa shape index (κ1) is 23.2. The van der Waals surface area contributed by atoms with Gasteiger partial charge in [0.1, 0.15) is 11.4 Å². The van der Waals surface area contributed by atoms with Crippen molar-refractivity contribution in [3.63, 3.8) is 0 Å². The molecule has 0 saturated carbocycles. The van der Waals surface area contributed by atoms with Gasteiger partial charge in [-0.2, -0.15) is 0 Å². The Hall–Kier alpha value is 0.950. The third-order valence-corrected chi connectivity index (χ3v) is 3.01. The summed E-state index contributed by atoms with van der Waals surface area (Å²) >= 11 is 2.21. The summed E-state index contributed by atoms with van der Waals surface area (Å²) in [5, 5.41) is 0. The van der Waals surface area contributed by atoms with Crippen LogP contribution in [0.4, 0.5) is 0 Å². The average Bonchev–Trinajstić information content (AvgIpc) is 2.25. The first-order chi connectivity index (χ1) is 8.31. The normalized spacial score (nSPS) is 10.1. The van der Waals surface area contributed by atoms with Crippen LogP contribution < -0.4 is 58.3 Å². The predicted molar refractivity (Wildman–Crippen MR) is 79.9 cm³/mol. The smallest absolute Gasteiger partial charge is 1.00 e. The van der Waals surface area contributed by atoms with Gasteiger partial charge in [0.2, 0.25) is 0 Å². The minimum absolute atomic E-state index is 0. The summed E-state index contributed by atoms with van der Waals surface area (Å²) in [5.74, 6) is 0.372. The van der Waals surface area contributed by atoms with E-state index >= 15 is 0 Å². The number of hydrogen-bond donors (Lipinski definition) is 0. The van der Waals surface area contributed by atoms with Gasteiger partial charge in [-0.3, -0.25) is 0 Å². The molecule has 0 unspecified atom stereocenters. The number of carbonyl (C=O) groups is 1. The van der Waals surface area contributed by atoms with Crippen molar-refractivity contribution >= 4 is 28.6 Å². The fraction of sp³-hybridized carbons (Fsp3) is 0.500. The van der Waals surface area contributed by atoms with Crippen molar-refractivity contribution in [2.75, 3.05) is 6.61 Å². The topological polar surface area (TPSA) is 35.5 Å². The number of benzene rings is 1. The van der Waals surface area contributed by atoms with Crippen molar-refractivity contribution in [3.05, 3.63) is 27.3 Å². The molecule has 0 radical (unpaired) electrons. The molecule has 1 aromatic rings. The molecule has 0 fully saturated rings. The zero-order valence-corrected chi connectivity index (χ0v) is 18.9. The zero-order chi connectivity index (χ0) is 13.8. The van der Waals surface area contributed by atoms with Gasteiger partial charge < -0.3 is 33.5 Å². The Balaban J connectivity index is 0. The molecule has 0 aliphatic rings. The second-order valence-corrected chi connectivity index (χ2v) is 6.16. The molecule has 0 saturated heterocycles. The number of halogens is 2. The van der Waals surface area contributed by atoms with Gasteiger partial charge in [0.25, 0.3) is 0 Å². The Kier molecular flexibility index (Phi) is 12.4. The first-order valence-corrected chi connectivity index (χ1v) is 7.03. The standard InChI is InChI=1S/C14H19IO3.HI.Na/c1-5-10-6-7-12(11(15)8-10)17-9-13(16)18-14(2,3)4;;/h6-8H,5,9H2,1-4H3;1H;/q;;+1/p-1. The predicted octanol–water partition coefficient (Wildman–Crippen LogP) is -2.42. The van der Waals surface area contributed by atoms with Crippen LogP contribution in [0.2, 0.25) is 0 Å². The molecule has 0 atom stereocenters. The maximum atomic E-state index is 11.5. The molecule has 3 nitrogen and oxygen atoms in total. The summed E-state index contributed by atoms with van der Waals surface area (Å²) in [4.78, 5) is 11.5. The number of esters is 1. The number of ether oxygens (including phenoxy) is 2. The quantitative estimate of drug-likeness (QED) is 0.256. The monoisotopic (exact) mass is 512 g/mol. The molecule has 20 heavy (non-hydrogen) atoms. The fourth-order valence-corrected chi connectivity index (χ4v) is 2.12. The third-order valence-electron chi connectivity index (χ3n) is 2.17. The molecule has 0 bridgehead atoms. The van der Waals surface area contributed by atoms with E-state index in [2.05, 4.69) is 35.6 Å². The van der Waals surface area contributed by atoms with E-state index in [0.29, 0.717) is 0 Å². The fourth-order valence-electron chi connectivity index (χ4n) is 1.39. The second-order valence-electron chi connectivity index (χ2n) is 4.99. The van der Waals surface area contributed by atoms with Crippen molar-refractivity contribution in [3.8, 4) is 5.75 Å². The molecule has 0 aliphatic carbocycles. The Morgan fingerprint density at radius 3 is 2.35 bits per heavy atom. The van der Waals surface area contributed by atoms with E-state index in [1.807, 2.05) is 32.9 Å². The van der Waals surface area contributed by atoms with Crippen molar-refractivity contribution in [1.29, 1.82) is 0 Å². The Morgan fingerprint density at radius 2 is 1.90 bits per heavy atom. The Bertz CT molecular complexity index is 431. The van der Waals surface area contributed by atoms with Gasteiger partial charge in [-0.15, -0.1) is 0 Å². The minimum Gasteiger partial charge on any atom is -1.00 e. The van der Waals surface area contributed by atoms with Gasteiger partial charge in [-0.25, -0.2) is 4.79 Å². The van der Waals surface area contributed by atoms with Gasteiger partial charge in [0, 0.05) is 0 Å². The molecular formula is C14H19I2NaO3. The summed E-state index contributed by atoms with van der Waals surface area (Å²) in [5.41, 5.74) is 0.781. The van der Waals surface area contributed by atoms with Crippen molar-refractivity contribution in [2.24, 2.45) is 0 Å².